The number of hydrogen-bond donors (Lipinski definition) is 0. The van der Waals surface area contributed by atoms with Crippen molar-refractivity contribution in [2.45, 2.75) is 19.6 Å². The molecule has 0 aliphatic carbocycles. The van der Waals surface area contributed by atoms with Crippen molar-refractivity contribution in [1.82, 2.24) is 9.88 Å². The first kappa shape index (κ1) is 20.0. The Hall–Kier alpha value is -2.70. The molecule has 0 unspecified atom stereocenters. The molecule has 1 aromatic heterocycles. The van der Waals surface area contributed by atoms with Crippen LogP contribution in [0.4, 0.5) is 0 Å². The summed E-state index contributed by atoms with van der Waals surface area (Å²) in [5.74, 6) is 0.886. The summed E-state index contributed by atoms with van der Waals surface area (Å²) in [6, 6.07) is 19.4. The van der Waals surface area contributed by atoms with Gasteiger partial charge in [0.25, 0.3) is 0 Å². The van der Waals surface area contributed by atoms with E-state index in [1.807, 2.05) is 66.0 Å². The van der Waals surface area contributed by atoms with Gasteiger partial charge in [-0.2, -0.15) is 0 Å². The highest BCUT2D eigenvalue weighted by molar-refractivity contribution is 7.09. The van der Waals surface area contributed by atoms with Crippen LogP contribution < -0.4 is 4.74 Å². The number of hydrogen-bond acceptors (Lipinski definition) is 5. The number of carbonyl (C=O) groups is 1. The first-order valence-corrected chi connectivity index (χ1v) is 10.0. The predicted octanol–water partition coefficient (Wildman–Crippen LogP) is 3.94. The molecule has 28 heavy (non-hydrogen) atoms. The number of rotatable bonds is 10. The summed E-state index contributed by atoms with van der Waals surface area (Å²) in [4.78, 5) is 19.2. The zero-order valence-electron chi connectivity index (χ0n) is 15.9. The third-order valence-corrected chi connectivity index (χ3v) is 5.05. The third-order valence-electron chi connectivity index (χ3n) is 4.17. The molecule has 0 saturated carbocycles. The fraction of sp³-hybridized carbons (Fsp3) is 0.273. The van der Waals surface area contributed by atoms with Crippen LogP contribution in [-0.2, 0) is 29.1 Å². The van der Waals surface area contributed by atoms with Crippen LogP contribution in [0, 0.1) is 0 Å². The Labute approximate surface area is 169 Å². The molecule has 146 valence electrons. The lowest BCUT2D eigenvalue weighted by atomic mass is 10.1. The Balaban J connectivity index is 1.59. The Morgan fingerprint density at radius 3 is 2.50 bits per heavy atom. The van der Waals surface area contributed by atoms with Crippen LogP contribution in [0.3, 0.4) is 0 Å². The number of para-hydroxylation sites is 1. The van der Waals surface area contributed by atoms with Crippen LogP contribution in [-0.4, -0.2) is 36.1 Å². The number of amides is 1. The molecule has 6 heteroatoms. The first-order chi connectivity index (χ1) is 13.7. The molecule has 0 radical (unpaired) electrons. The van der Waals surface area contributed by atoms with E-state index in [2.05, 4.69) is 4.98 Å². The summed E-state index contributed by atoms with van der Waals surface area (Å²) in [5.41, 5.74) is 1.87. The van der Waals surface area contributed by atoms with Gasteiger partial charge in [-0.15, -0.1) is 11.3 Å². The quantitative estimate of drug-likeness (QED) is 0.521. The normalized spacial score (nSPS) is 10.6. The molecule has 5 nitrogen and oxygen atoms in total. The highest BCUT2D eigenvalue weighted by Crippen LogP contribution is 2.16. The Kier molecular flexibility index (Phi) is 7.58. The van der Waals surface area contributed by atoms with E-state index in [9.17, 15) is 4.79 Å². The molecule has 0 atom stereocenters. The fourth-order valence-electron chi connectivity index (χ4n) is 2.72. The van der Waals surface area contributed by atoms with Crippen molar-refractivity contribution in [3.05, 3.63) is 82.3 Å². The van der Waals surface area contributed by atoms with Crippen LogP contribution in [0.25, 0.3) is 0 Å². The summed E-state index contributed by atoms with van der Waals surface area (Å²) in [6.45, 7) is 1.92. The second kappa shape index (κ2) is 10.6. The minimum Gasteiger partial charge on any atom is -0.486 e. The summed E-state index contributed by atoms with van der Waals surface area (Å²) in [6.07, 6.45) is 0.374. The zero-order chi connectivity index (χ0) is 19.6. The van der Waals surface area contributed by atoms with Gasteiger partial charge in [0.15, 0.2) is 0 Å². The number of ether oxygens (including phenoxy) is 2. The number of carbonyl (C=O) groups excluding carboxylic acids is 1. The summed E-state index contributed by atoms with van der Waals surface area (Å²) in [7, 11) is 1.64. The highest BCUT2D eigenvalue weighted by atomic mass is 32.1. The molecular formula is C22H24N2O3S. The van der Waals surface area contributed by atoms with Gasteiger partial charge < -0.3 is 14.4 Å². The molecule has 0 fully saturated rings. The average Bonchev–Trinajstić information content (AvgIpc) is 3.18. The molecule has 0 spiro atoms. The minimum atomic E-state index is 0.0679. The molecule has 0 aliphatic heterocycles. The van der Waals surface area contributed by atoms with Gasteiger partial charge in [0.05, 0.1) is 25.3 Å². The second-order valence-electron chi connectivity index (χ2n) is 6.30. The largest absolute Gasteiger partial charge is 0.486 e. The summed E-state index contributed by atoms with van der Waals surface area (Å²) < 4.78 is 10.9. The van der Waals surface area contributed by atoms with Crippen molar-refractivity contribution in [3.63, 3.8) is 0 Å². The van der Waals surface area contributed by atoms with Gasteiger partial charge in [0.1, 0.15) is 17.4 Å². The second-order valence-corrected chi connectivity index (χ2v) is 7.25. The maximum atomic E-state index is 12.8. The lowest BCUT2D eigenvalue weighted by Crippen LogP contribution is -2.34. The smallest absolute Gasteiger partial charge is 0.227 e. The molecule has 2 aromatic carbocycles. The van der Waals surface area contributed by atoms with Crippen LogP contribution in [0.2, 0.25) is 0 Å². The molecule has 0 aliphatic rings. The van der Waals surface area contributed by atoms with E-state index in [1.165, 1.54) is 0 Å². The number of methoxy groups -OCH3 is 1. The van der Waals surface area contributed by atoms with Gasteiger partial charge in [-0.25, -0.2) is 4.98 Å². The van der Waals surface area contributed by atoms with Crippen molar-refractivity contribution in [3.8, 4) is 5.75 Å². The van der Waals surface area contributed by atoms with E-state index >= 15 is 0 Å². The molecule has 3 aromatic rings. The van der Waals surface area contributed by atoms with E-state index < -0.39 is 0 Å². The standard InChI is InChI=1S/C22H24N2O3S/c1-26-13-12-24(22(25)14-18-8-4-2-5-9-18)15-19-17-28-21(23-19)16-27-20-10-6-3-7-11-20/h2-11,17H,12-16H2,1H3. The maximum absolute atomic E-state index is 12.8. The van der Waals surface area contributed by atoms with Crippen molar-refractivity contribution in [2.75, 3.05) is 20.3 Å². The molecular weight excluding hydrogens is 372 g/mol. The van der Waals surface area contributed by atoms with Gasteiger partial charge in [-0.05, 0) is 17.7 Å². The van der Waals surface area contributed by atoms with Crippen molar-refractivity contribution >= 4 is 17.2 Å². The molecule has 1 amide bonds. The highest BCUT2D eigenvalue weighted by Gasteiger charge is 2.16. The van der Waals surface area contributed by atoms with Crippen molar-refractivity contribution in [2.24, 2.45) is 0 Å². The van der Waals surface area contributed by atoms with Crippen LogP contribution in [0.15, 0.2) is 66.0 Å². The molecule has 3 rings (SSSR count). The Bertz CT molecular complexity index is 852. The van der Waals surface area contributed by atoms with Gasteiger partial charge in [-0.3, -0.25) is 4.79 Å². The Morgan fingerprint density at radius 2 is 1.79 bits per heavy atom. The lowest BCUT2D eigenvalue weighted by Gasteiger charge is -2.21. The number of benzene rings is 2. The van der Waals surface area contributed by atoms with Crippen LogP contribution in [0.1, 0.15) is 16.3 Å². The molecule has 1 heterocycles. The molecule has 0 saturated heterocycles. The molecule has 0 bridgehead atoms. The maximum Gasteiger partial charge on any atom is 0.227 e. The van der Waals surface area contributed by atoms with E-state index in [0.29, 0.717) is 32.7 Å². The average molecular weight is 397 g/mol. The fourth-order valence-corrected chi connectivity index (χ4v) is 3.42. The van der Waals surface area contributed by atoms with Gasteiger partial charge in [-0.1, -0.05) is 48.5 Å². The van der Waals surface area contributed by atoms with E-state index in [-0.39, 0.29) is 5.91 Å². The van der Waals surface area contributed by atoms with Crippen molar-refractivity contribution < 1.29 is 14.3 Å². The number of nitrogens with zero attached hydrogens (tertiary/aromatic N) is 2. The van der Waals surface area contributed by atoms with Gasteiger partial charge in [0, 0.05) is 19.0 Å². The summed E-state index contributed by atoms with van der Waals surface area (Å²) >= 11 is 1.54. The van der Waals surface area contributed by atoms with Gasteiger partial charge >= 0.3 is 0 Å². The van der Waals surface area contributed by atoms with E-state index in [1.54, 1.807) is 23.3 Å². The lowest BCUT2D eigenvalue weighted by molar-refractivity contribution is -0.131. The first-order valence-electron chi connectivity index (χ1n) is 9.16. The van der Waals surface area contributed by atoms with Crippen LogP contribution in [0.5, 0.6) is 5.75 Å². The third kappa shape index (κ3) is 6.18. The monoisotopic (exact) mass is 396 g/mol. The molecule has 0 N–H and O–H groups in total. The number of thiazole rings is 1. The SMILES string of the molecule is COCCN(Cc1csc(COc2ccccc2)n1)C(=O)Cc1ccccc1. The topological polar surface area (TPSA) is 51.7 Å². The van der Waals surface area contributed by atoms with Crippen molar-refractivity contribution in [1.29, 1.82) is 0 Å². The van der Waals surface area contributed by atoms with Gasteiger partial charge in [0.2, 0.25) is 5.91 Å². The predicted molar refractivity (Wildman–Crippen MR) is 110 cm³/mol. The van der Waals surface area contributed by atoms with E-state index in [0.717, 1.165) is 22.0 Å². The summed E-state index contributed by atoms with van der Waals surface area (Å²) in [5, 5.41) is 2.88. The number of aromatic nitrogens is 1. The van der Waals surface area contributed by atoms with Crippen LogP contribution >= 0.6 is 11.3 Å². The van der Waals surface area contributed by atoms with E-state index in [4.69, 9.17) is 9.47 Å². The Morgan fingerprint density at radius 1 is 1.07 bits per heavy atom. The zero-order valence-corrected chi connectivity index (χ0v) is 16.7. The minimum absolute atomic E-state index is 0.0679.